The lowest BCUT2D eigenvalue weighted by molar-refractivity contribution is -0.244. The molecule has 6 rings (SSSR count). The summed E-state index contributed by atoms with van der Waals surface area (Å²) in [6, 6.07) is 4.23. The molecule has 0 radical (unpaired) electrons. The third-order valence-corrected chi connectivity index (χ3v) is 14.2. The Morgan fingerprint density at radius 2 is 1.72 bits per heavy atom. The van der Waals surface area contributed by atoms with E-state index >= 15 is 0 Å². The molecular weight excluding hydrogens is 786 g/mol. The Morgan fingerprint density at radius 3 is 2.34 bits per heavy atom. The van der Waals surface area contributed by atoms with Gasteiger partial charge in [-0.15, -0.1) is 10.2 Å². The Morgan fingerprint density at radius 1 is 1.07 bits per heavy atom. The van der Waals surface area contributed by atoms with Gasteiger partial charge in [-0.1, -0.05) is 44.6 Å². The van der Waals surface area contributed by atoms with Crippen LogP contribution in [0.25, 0.3) is 10.8 Å². The summed E-state index contributed by atoms with van der Waals surface area (Å²) in [4.78, 5) is 57.7. The molecule has 0 bridgehead atoms. The van der Waals surface area contributed by atoms with Gasteiger partial charge in [0.1, 0.15) is 23.7 Å². The molecule has 3 heterocycles. The van der Waals surface area contributed by atoms with E-state index in [0.717, 1.165) is 0 Å². The minimum atomic E-state index is -4.92. The minimum Gasteiger partial charge on any atom is -0.479 e. The van der Waals surface area contributed by atoms with Crippen LogP contribution < -0.4 is 24.8 Å². The molecule has 318 valence electrons. The summed E-state index contributed by atoms with van der Waals surface area (Å²) in [6.07, 6.45) is -1.07. The number of aromatic nitrogens is 2. The van der Waals surface area contributed by atoms with Crippen molar-refractivity contribution in [2.45, 2.75) is 126 Å². The Hall–Kier alpha value is -4.68. The van der Waals surface area contributed by atoms with Crippen LogP contribution in [0, 0.1) is 17.8 Å². The fraction of sp³-hybridized carbons (Fsp3) is 0.641. The van der Waals surface area contributed by atoms with Crippen molar-refractivity contribution in [2.75, 3.05) is 13.7 Å². The van der Waals surface area contributed by atoms with E-state index in [9.17, 15) is 40.8 Å². The Labute approximate surface area is 335 Å². The maximum atomic E-state index is 14.9. The first-order valence-electron chi connectivity index (χ1n) is 19.5. The van der Waals surface area contributed by atoms with Gasteiger partial charge in [0.05, 0.1) is 29.2 Å². The van der Waals surface area contributed by atoms with E-state index < -0.39 is 85.9 Å². The van der Waals surface area contributed by atoms with Crippen LogP contribution in [0.3, 0.4) is 0 Å². The summed E-state index contributed by atoms with van der Waals surface area (Å²) < 4.78 is 85.3. The van der Waals surface area contributed by atoms with Crippen LogP contribution in [0.4, 0.5) is 18.0 Å². The monoisotopic (exact) mass is 836 g/mol. The number of hydrogen-bond donors (Lipinski definition) is 3. The highest BCUT2D eigenvalue weighted by atomic mass is 32.2. The lowest BCUT2D eigenvalue weighted by atomic mass is 9.85. The van der Waals surface area contributed by atoms with Crippen molar-refractivity contribution in [1.29, 1.82) is 0 Å². The van der Waals surface area contributed by atoms with Gasteiger partial charge in [-0.05, 0) is 83.3 Å². The summed E-state index contributed by atoms with van der Waals surface area (Å²) in [5, 5.41) is 14.6. The van der Waals surface area contributed by atoms with Crippen molar-refractivity contribution in [3.8, 4) is 11.8 Å². The summed E-state index contributed by atoms with van der Waals surface area (Å²) >= 11 is 0. The molecule has 4 aliphatic rings. The fourth-order valence-corrected chi connectivity index (χ4v) is 9.02. The number of rotatable bonds is 9. The number of benzene rings is 1. The summed E-state index contributed by atoms with van der Waals surface area (Å²) in [6.45, 7) is 6.43. The van der Waals surface area contributed by atoms with Crippen molar-refractivity contribution < 1.29 is 55.0 Å². The molecule has 1 aromatic heterocycles. The van der Waals surface area contributed by atoms with E-state index in [1.54, 1.807) is 37.3 Å². The first-order valence-corrected chi connectivity index (χ1v) is 21.0. The summed E-state index contributed by atoms with van der Waals surface area (Å²) in [7, 11) is -2.65. The fourth-order valence-electron chi connectivity index (χ4n) is 7.71. The van der Waals surface area contributed by atoms with Crippen molar-refractivity contribution in [2.24, 2.45) is 17.8 Å². The molecule has 4 amide bonds. The second kappa shape index (κ2) is 15.8. The average Bonchev–Trinajstić information content (AvgIpc) is 4.04. The van der Waals surface area contributed by atoms with Gasteiger partial charge in [0.2, 0.25) is 39.2 Å². The lowest BCUT2D eigenvalue weighted by Gasteiger charge is -2.35. The van der Waals surface area contributed by atoms with Gasteiger partial charge in [-0.25, -0.2) is 13.2 Å². The molecule has 2 aliphatic heterocycles. The lowest BCUT2D eigenvalue weighted by Crippen LogP contribution is -2.60. The molecule has 1 saturated heterocycles. The third kappa shape index (κ3) is 8.54. The second-order valence-corrected chi connectivity index (χ2v) is 18.9. The molecule has 2 aliphatic carbocycles. The highest BCUT2D eigenvalue weighted by molar-refractivity contribution is 7.91. The number of ether oxygens (including phenoxy) is 3. The van der Waals surface area contributed by atoms with Crippen LogP contribution in [-0.2, 0) is 29.1 Å². The number of nitrogens with zero attached hydrogens (tertiary/aromatic N) is 3. The molecule has 2 aromatic rings. The first kappa shape index (κ1) is 42.9. The molecule has 3 fully saturated rings. The topological polar surface area (TPSA) is 195 Å². The van der Waals surface area contributed by atoms with Crippen LogP contribution >= 0.6 is 0 Å². The predicted molar refractivity (Wildman–Crippen MR) is 204 cm³/mol. The maximum absolute atomic E-state index is 14.9. The zero-order valence-electron chi connectivity index (χ0n) is 33.4. The number of halogens is 3. The number of allylic oxidation sites excluding steroid dienone is 1. The quantitative estimate of drug-likeness (QED) is 0.297. The number of carbonyl (C=O) groups is 4. The SMILES string of the molecule is CC[C@@H]1C[C@H](C)CC/C=C\[C@@H]2C[C@@]2(C(=O)NS(=O)(=O)C2(C)CC2)NC(=O)[C@@H]2C[C@@H](Oc3nnc(OC)c4ccccc34)CN2C(=O)[C@H]1NC(=O)OC(C)(C)C(F)(F)F. The number of sulfonamides is 1. The minimum absolute atomic E-state index is 0.0386. The Kier molecular flexibility index (Phi) is 11.7. The van der Waals surface area contributed by atoms with Crippen molar-refractivity contribution in [3.63, 3.8) is 0 Å². The molecular formula is C39H51F3N6O9S. The molecule has 58 heavy (non-hydrogen) atoms. The van der Waals surface area contributed by atoms with Crippen LogP contribution in [0.5, 0.6) is 11.8 Å². The number of nitrogens with one attached hydrogen (secondary N) is 3. The van der Waals surface area contributed by atoms with Gasteiger partial charge in [0.15, 0.2) is 0 Å². The van der Waals surface area contributed by atoms with E-state index in [1.165, 1.54) is 18.9 Å². The van der Waals surface area contributed by atoms with Crippen LogP contribution in [0.1, 0.15) is 86.0 Å². The van der Waals surface area contributed by atoms with Gasteiger partial charge >= 0.3 is 12.3 Å². The molecule has 7 atom stereocenters. The zero-order chi connectivity index (χ0) is 42.4. The van der Waals surface area contributed by atoms with Crippen molar-refractivity contribution in [3.05, 3.63) is 36.4 Å². The van der Waals surface area contributed by atoms with Crippen LogP contribution in [0.2, 0.25) is 0 Å². The highest BCUT2D eigenvalue weighted by Gasteiger charge is 2.63. The van der Waals surface area contributed by atoms with E-state index in [0.29, 0.717) is 63.1 Å². The van der Waals surface area contributed by atoms with Crippen LogP contribution in [0.15, 0.2) is 36.4 Å². The molecule has 1 aromatic carbocycles. The molecule has 15 nitrogen and oxygen atoms in total. The zero-order valence-corrected chi connectivity index (χ0v) is 34.2. The van der Waals surface area contributed by atoms with E-state index in [2.05, 4.69) is 25.6 Å². The Balaban J connectivity index is 1.37. The standard InChI is InChI=1S/C39H51F3N6O9S/c1-7-23-18-22(2)12-8-9-13-24-20-38(24,34(51)47-58(53,54)37(5)16-17-37)44-30(49)28-19-25(56-32-27-15-11-10-14-26(27)31(55-6)45-46-32)21-48(28)33(50)29(23)43-35(52)57-36(3,4)39(40,41)42/h9-11,13-15,22-25,28-29H,7-8,12,16-21H2,1-6H3,(H,43,52)(H,44,49)(H,47,51)/b13-9-/t22-,23-,24-,25-,28+,29+,38-/m1/s1. The van der Waals surface area contributed by atoms with Gasteiger partial charge in [0.25, 0.3) is 5.91 Å². The summed E-state index contributed by atoms with van der Waals surface area (Å²) in [5.41, 5.74) is -4.54. The first-order chi connectivity index (χ1) is 27.1. The number of hydrogen-bond acceptors (Lipinski definition) is 11. The largest absolute Gasteiger partial charge is 0.479 e. The predicted octanol–water partition coefficient (Wildman–Crippen LogP) is 4.70. The third-order valence-electron chi connectivity index (χ3n) is 12.0. The van der Waals surface area contributed by atoms with E-state index in [4.69, 9.17) is 14.2 Å². The van der Waals surface area contributed by atoms with Gasteiger partial charge < -0.3 is 29.7 Å². The Bertz CT molecular complexity index is 2080. The number of methoxy groups -OCH3 is 1. The van der Waals surface area contributed by atoms with E-state index in [1.807, 2.05) is 13.0 Å². The molecule has 2 saturated carbocycles. The van der Waals surface area contributed by atoms with Crippen molar-refractivity contribution in [1.82, 2.24) is 30.5 Å². The summed E-state index contributed by atoms with van der Waals surface area (Å²) in [5.74, 6) is -3.34. The molecule has 3 N–H and O–H groups in total. The smallest absolute Gasteiger partial charge is 0.427 e. The van der Waals surface area contributed by atoms with E-state index in [-0.39, 0.29) is 37.1 Å². The number of fused-ring (bicyclic) bond motifs is 3. The highest BCUT2D eigenvalue weighted by Crippen LogP contribution is 2.48. The number of carbonyl (C=O) groups excluding carboxylic acids is 4. The van der Waals surface area contributed by atoms with Gasteiger partial charge in [-0.2, -0.15) is 13.2 Å². The number of amides is 4. The van der Waals surface area contributed by atoms with Gasteiger partial charge in [0, 0.05) is 12.3 Å². The molecule has 19 heteroatoms. The maximum Gasteiger partial charge on any atom is 0.427 e. The number of alkyl carbamates (subject to hydrolysis) is 1. The molecule has 0 spiro atoms. The number of alkyl halides is 3. The van der Waals surface area contributed by atoms with Gasteiger partial charge in [-0.3, -0.25) is 19.1 Å². The van der Waals surface area contributed by atoms with Crippen molar-refractivity contribution >= 4 is 44.6 Å². The normalized spacial score (nSPS) is 29.4. The molecule has 0 unspecified atom stereocenters. The average molecular weight is 837 g/mol. The van der Waals surface area contributed by atoms with Crippen LogP contribution in [-0.4, -0.2) is 101 Å². The second-order valence-electron chi connectivity index (χ2n) is 16.7.